The minimum absolute atomic E-state index is 0.0372. The first-order chi connectivity index (χ1) is 7.27. The zero-order valence-electron chi connectivity index (χ0n) is 9.06. The smallest absolute Gasteiger partial charge is 0.315 e. The molecule has 1 aliphatic rings. The number of carbonyl (C=O) groups is 1. The molecule has 0 radical (unpaired) electrons. The minimum atomic E-state index is -0.592. The SMILES string of the molecule is CCCCCC[C@H]1C[C@H](N=[N+]=[N-])C(=O)O1. The number of hydrogen-bond donors (Lipinski definition) is 0. The Kier molecular flexibility index (Phi) is 4.98. The fourth-order valence-corrected chi connectivity index (χ4v) is 1.77. The Morgan fingerprint density at radius 1 is 1.53 bits per heavy atom. The van der Waals surface area contributed by atoms with Crippen molar-refractivity contribution < 1.29 is 9.53 Å². The summed E-state index contributed by atoms with van der Waals surface area (Å²) in [6, 6.07) is -0.592. The summed E-state index contributed by atoms with van der Waals surface area (Å²) in [5.74, 6) is -0.367. The van der Waals surface area contributed by atoms with Gasteiger partial charge in [-0.3, -0.25) is 4.79 Å². The van der Waals surface area contributed by atoms with E-state index in [-0.39, 0.29) is 12.1 Å². The molecule has 0 aromatic heterocycles. The second kappa shape index (κ2) is 6.30. The van der Waals surface area contributed by atoms with E-state index in [4.69, 9.17) is 10.3 Å². The molecule has 0 saturated carbocycles. The lowest BCUT2D eigenvalue weighted by Crippen LogP contribution is -2.09. The third-order valence-electron chi connectivity index (χ3n) is 2.61. The molecule has 1 heterocycles. The normalized spacial score (nSPS) is 24.7. The highest BCUT2D eigenvalue weighted by molar-refractivity contribution is 5.78. The van der Waals surface area contributed by atoms with Crippen molar-refractivity contribution in [3.63, 3.8) is 0 Å². The number of esters is 1. The van der Waals surface area contributed by atoms with Crippen molar-refractivity contribution in [1.82, 2.24) is 0 Å². The number of cyclic esters (lactones) is 1. The maximum absolute atomic E-state index is 11.2. The second-order valence-corrected chi connectivity index (χ2v) is 3.86. The van der Waals surface area contributed by atoms with Gasteiger partial charge in [-0.15, -0.1) is 0 Å². The number of azide groups is 1. The van der Waals surface area contributed by atoms with E-state index in [1.54, 1.807) is 0 Å². The largest absolute Gasteiger partial charge is 0.462 e. The van der Waals surface area contributed by atoms with Crippen LogP contribution in [0, 0.1) is 0 Å². The van der Waals surface area contributed by atoms with Crippen LogP contribution in [0.3, 0.4) is 0 Å². The number of nitrogens with zero attached hydrogens (tertiary/aromatic N) is 3. The lowest BCUT2D eigenvalue weighted by molar-refractivity contribution is -0.142. The first-order valence-electron chi connectivity index (χ1n) is 5.52. The van der Waals surface area contributed by atoms with Crippen molar-refractivity contribution in [2.75, 3.05) is 0 Å². The van der Waals surface area contributed by atoms with Gasteiger partial charge in [0.2, 0.25) is 0 Å². The highest BCUT2D eigenvalue weighted by atomic mass is 16.6. The molecule has 0 amide bonds. The Balaban J connectivity index is 2.23. The minimum Gasteiger partial charge on any atom is -0.462 e. The van der Waals surface area contributed by atoms with Gasteiger partial charge in [0, 0.05) is 11.3 Å². The van der Waals surface area contributed by atoms with Crippen LogP contribution in [-0.2, 0) is 9.53 Å². The third kappa shape index (κ3) is 3.80. The summed E-state index contributed by atoms with van der Waals surface area (Å²) in [7, 11) is 0. The highest BCUT2D eigenvalue weighted by Crippen LogP contribution is 2.22. The van der Waals surface area contributed by atoms with E-state index >= 15 is 0 Å². The molecule has 0 aromatic rings. The molecule has 0 bridgehead atoms. The van der Waals surface area contributed by atoms with E-state index in [1.807, 2.05) is 0 Å². The molecule has 1 saturated heterocycles. The Hall–Kier alpha value is -1.22. The molecule has 5 nitrogen and oxygen atoms in total. The van der Waals surface area contributed by atoms with Gasteiger partial charge in [-0.05, 0) is 18.4 Å². The quantitative estimate of drug-likeness (QED) is 0.223. The topological polar surface area (TPSA) is 75.1 Å². The van der Waals surface area contributed by atoms with Gasteiger partial charge in [0.1, 0.15) is 12.1 Å². The molecule has 0 aromatic carbocycles. The maximum atomic E-state index is 11.2. The molecular weight excluding hydrogens is 194 g/mol. The molecule has 15 heavy (non-hydrogen) atoms. The molecule has 84 valence electrons. The summed E-state index contributed by atoms with van der Waals surface area (Å²) < 4.78 is 5.10. The summed E-state index contributed by atoms with van der Waals surface area (Å²) in [5, 5.41) is 3.41. The Morgan fingerprint density at radius 2 is 2.33 bits per heavy atom. The van der Waals surface area contributed by atoms with Crippen LogP contribution in [0.1, 0.15) is 45.4 Å². The van der Waals surface area contributed by atoms with Crippen LogP contribution < -0.4 is 0 Å². The first-order valence-corrected chi connectivity index (χ1v) is 5.52. The predicted molar refractivity (Wildman–Crippen MR) is 56.2 cm³/mol. The number of ether oxygens (including phenoxy) is 1. The van der Waals surface area contributed by atoms with Crippen molar-refractivity contribution in [2.45, 2.75) is 57.6 Å². The lowest BCUT2D eigenvalue weighted by Gasteiger charge is -2.07. The summed E-state index contributed by atoms with van der Waals surface area (Å²) >= 11 is 0. The van der Waals surface area contributed by atoms with Gasteiger partial charge < -0.3 is 4.74 Å². The van der Waals surface area contributed by atoms with Crippen LogP contribution in [0.2, 0.25) is 0 Å². The van der Waals surface area contributed by atoms with Gasteiger partial charge in [-0.1, -0.05) is 31.3 Å². The number of carbonyl (C=O) groups excluding carboxylic acids is 1. The fraction of sp³-hybridized carbons (Fsp3) is 0.900. The van der Waals surface area contributed by atoms with E-state index in [2.05, 4.69) is 16.9 Å². The fourth-order valence-electron chi connectivity index (χ4n) is 1.77. The van der Waals surface area contributed by atoms with Crippen molar-refractivity contribution in [3.05, 3.63) is 10.4 Å². The average molecular weight is 211 g/mol. The number of hydrogen-bond acceptors (Lipinski definition) is 3. The first kappa shape index (κ1) is 11.9. The van der Waals surface area contributed by atoms with Gasteiger partial charge in [0.25, 0.3) is 0 Å². The van der Waals surface area contributed by atoms with Gasteiger partial charge in [-0.2, -0.15) is 0 Å². The molecule has 0 unspecified atom stereocenters. The van der Waals surface area contributed by atoms with Gasteiger partial charge in [0.15, 0.2) is 0 Å². The van der Waals surface area contributed by atoms with Crippen molar-refractivity contribution in [1.29, 1.82) is 0 Å². The van der Waals surface area contributed by atoms with E-state index in [0.29, 0.717) is 6.42 Å². The third-order valence-corrected chi connectivity index (χ3v) is 2.61. The molecule has 1 aliphatic heterocycles. The molecule has 5 heteroatoms. The van der Waals surface area contributed by atoms with Gasteiger partial charge in [0.05, 0.1) is 0 Å². The van der Waals surface area contributed by atoms with E-state index in [0.717, 1.165) is 12.8 Å². The molecule has 1 fully saturated rings. The number of unbranched alkanes of at least 4 members (excludes halogenated alkanes) is 3. The maximum Gasteiger partial charge on any atom is 0.315 e. The highest BCUT2D eigenvalue weighted by Gasteiger charge is 2.32. The summed E-state index contributed by atoms with van der Waals surface area (Å²) in [5.41, 5.74) is 8.23. The van der Waals surface area contributed by atoms with Crippen molar-refractivity contribution in [2.24, 2.45) is 5.11 Å². The monoisotopic (exact) mass is 211 g/mol. The molecule has 2 atom stereocenters. The van der Waals surface area contributed by atoms with Crippen LogP contribution in [0.5, 0.6) is 0 Å². The summed E-state index contributed by atoms with van der Waals surface area (Å²) in [6.07, 6.45) is 6.08. The van der Waals surface area contributed by atoms with Crippen LogP contribution in [0.4, 0.5) is 0 Å². The molecule has 0 aliphatic carbocycles. The van der Waals surface area contributed by atoms with Crippen LogP contribution >= 0.6 is 0 Å². The Morgan fingerprint density at radius 3 is 3.00 bits per heavy atom. The Bertz CT molecular complexity index is 261. The van der Waals surface area contributed by atoms with Crippen LogP contribution in [-0.4, -0.2) is 18.1 Å². The zero-order valence-corrected chi connectivity index (χ0v) is 9.06. The standard InChI is InChI=1S/C10H17N3O2/c1-2-3-4-5-6-8-7-9(12-13-11)10(14)15-8/h8-9H,2-7H2,1H3/t8-,9-/m0/s1. The summed E-state index contributed by atoms with van der Waals surface area (Å²) in [4.78, 5) is 13.8. The predicted octanol–water partition coefficient (Wildman–Crippen LogP) is 2.95. The van der Waals surface area contributed by atoms with Gasteiger partial charge >= 0.3 is 5.97 Å². The molecule has 1 rings (SSSR count). The second-order valence-electron chi connectivity index (χ2n) is 3.86. The van der Waals surface area contributed by atoms with Crippen LogP contribution in [0.15, 0.2) is 5.11 Å². The van der Waals surface area contributed by atoms with Crippen molar-refractivity contribution >= 4 is 5.97 Å². The molecule has 0 N–H and O–H groups in total. The Labute approximate surface area is 89.4 Å². The van der Waals surface area contributed by atoms with Gasteiger partial charge in [-0.25, -0.2) is 0 Å². The number of rotatable bonds is 6. The average Bonchev–Trinajstić information content (AvgIpc) is 2.55. The molecule has 0 spiro atoms. The zero-order chi connectivity index (χ0) is 11.1. The lowest BCUT2D eigenvalue weighted by atomic mass is 10.1. The van der Waals surface area contributed by atoms with E-state index in [1.165, 1.54) is 19.3 Å². The van der Waals surface area contributed by atoms with Crippen molar-refractivity contribution in [3.8, 4) is 0 Å². The summed E-state index contributed by atoms with van der Waals surface area (Å²) in [6.45, 7) is 2.16. The van der Waals surface area contributed by atoms with E-state index < -0.39 is 6.04 Å². The van der Waals surface area contributed by atoms with Crippen LogP contribution in [0.25, 0.3) is 10.4 Å². The molecular formula is C10H17N3O2. The van der Waals surface area contributed by atoms with E-state index in [9.17, 15) is 4.79 Å².